The molecule has 2 aromatic rings. The highest BCUT2D eigenvalue weighted by Gasteiger charge is 2.20. The zero-order valence-electron chi connectivity index (χ0n) is 10.1. The van der Waals surface area contributed by atoms with Gasteiger partial charge in [-0.05, 0) is 31.2 Å². The number of aromatic nitrogens is 1. The fourth-order valence-corrected chi connectivity index (χ4v) is 1.66. The monoisotopic (exact) mass is 247 g/mol. The first-order valence-corrected chi connectivity index (χ1v) is 5.29. The Morgan fingerprint density at radius 1 is 1.39 bits per heavy atom. The van der Waals surface area contributed by atoms with E-state index in [2.05, 4.69) is 10.6 Å². The number of amides is 1. The van der Waals surface area contributed by atoms with E-state index in [1.807, 2.05) is 0 Å². The summed E-state index contributed by atoms with van der Waals surface area (Å²) in [5, 5.41) is 3.88. The summed E-state index contributed by atoms with van der Waals surface area (Å²) in [4.78, 5) is 11.7. The lowest BCUT2D eigenvalue weighted by Gasteiger charge is -2.03. The number of hydrogen-bond donors (Lipinski definition) is 2. The van der Waals surface area contributed by atoms with Gasteiger partial charge in [0.25, 0.3) is 5.91 Å². The number of nitrogens with zero attached hydrogens (tertiary/aromatic N) is 1. The zero-order chi connectivity index (χ0) is 13.1. The second kappa shape index (κ2) is 4.89. The van der Waals surface area contributed by atoms with Gasteiger partial charge in [-0.25, -0.2) is 5.84 Å². The van der Waals surface area contributed by atoms with Gasteiger partial charge in [0.2, 0.25) is 0 Å². The maximum Gasteiger partial charge on any atom is 0.271 e. The van der Waals surface area contributed by atoms with Crippen molar-refractivity contribution in [1.82, 2.24) is 10.6 Å². The smallest absolute Gasteiger partial charge is 0.271 e. The van der Waals surface area contributed by atoms with Gasteiger partial charge in [0.15, 0.2) is 0 Å². The number of carbonyl (C=O) groups excluding carboxylic acids is 1. The molecule has 0 fully saturated rings. The van der Waals surface area contributed by atoms with Crippen LogP contribution < -0.4 is 16.0 Å². The minimum absolute atomic E-state index is 0.336. The van der Waals surface area contributed by atoms with Crippen molar-refractivity contribution in [1.29, 1.82) is 0 Å². The van der Waals surface area contributed by atoms with E-state index in [-0.39, 0.29) is 0 Å². The van der Waals surface area contributed by atoms with Gasteiger partial charge in [-0.15, -0.1) is 0 Å². The largest absolute Gasteiger partial charge is 0.497 e. The molecule has 1 heterocycles. The third kappa shape index (κ3) is 2.05. The fraction of sp³-hybridized carbons (Fsp3) is 0.167. The first kappa shape index (κ1) is 12.1. The Kier molecular flexibility index (Phi) is 3.29. The number of ether oxygens (including phenoxy) is 1. The predicted molar refractivity (Wildman–Crippen MR) is 64.9 cm³/mol. The molecular formula is C12H13N3O3. The van der Waals surface area contributed by atoms with Crippen LogP contribution >= 0.6 is 0 Å². The fourth-order valence-electron chi connectivity index (χ4n) is 1.66. The summed E-state index contributed by atoms with van der Waals surface area (Å²) in [6.45, 7) is 1.66. The molecule has 1 aromatic heterocycles. The number of carbonyl (C=O) groups is 1. The number of nitrogens with one attached hydrogen (secondary N) is 1. The summed E-state index contributed by atoms with van der Waals surface area (Å²) in [5.74, 6) is 5.85. The van der Waals surface area contributed by atoms with E-state index in [1.165, 1.54) is 0 Å². The van der Waals surface area contributed by atoms with Gasteiger partial charge in [-0.2, -0.15) is 0 Å². The van der Waals surface area contributed by atoms with Crippen molar-refractivity contribution >= 4 is 5.91 Å². The molecule has 1 aromatic carbocycles. The third-order valence-corrected chi connectivity index (χ3v) is 2.58. The van der Waals surface area contributed by atoms with Gasteiger partial charge in [-0.1, -0.05) is 5.16 Å². The van der Waals surface area contributed by atoms with Gasteiger partial charge < -0.3 is 9.26 Å². The molecule has 0 aliphatic carbocycles. The number of rotatable bonds is 3. The summed E-state index contributed by atoms with van der Waals surface area (Å²) in [6.07, 6.45) is 0. The summed E-state index contributed by atoms with van der Waals surface area (Å²) >= 11 is 0. The van der Waals surface area contributed by atoms with E-state index in [0.717, 1.165) is 11.3 Å². The quantitative estimate of drug-likeness (QED) is 0.484. The number of nitrogen functional groups attached to an aromatic ring is 1. The van der Waals surface area contributed by atoms with Crippen LogP contribution in [0.15, 0.2) is 28.8 Å². The molecule has 6 nitrogen and oxygen atoms in total. The molecule has 3 N–H and O–H groups in total. The summed E-state index contributed by atoms with van der Waals surface area (Å²) in [7, 11) is 1.59. The van der Waals surface area contributed by atoms with Crippen LogP contribution in [0.25, 0.3) is 11.3 Å². The average Bonchev–Trinajstić information content (AvgIpc) is 2.80. The lowest BCUT2D eigenvalue weighted by molar-refractivity contribution is 0.0952. The normalized spacial score (nSPS) is 10.2. The molecule has 2 rings (SSSR count). The molecule has 0 radical (unpaired) electrons. The van der Waals surface area contributed by atoms with Crippen LogP contribution in [0.5, 0.6) is 5.75 Å². The number of hydrogen-bond acceptors (Lipinski definition) is 5. The second-order valence-electron chi connectivity index (χ2n) is 3.66. The molecule has 0 saturated heterocycles. The van der Waals surface area contributed by atoms with E-state index >= 15 is 0 Å². The van der Waals surface area contributed by atoms with Gasteiger partial charge in [0, 0.05) is 5.56 Å². The van der Waals surface area contributed by atoms with Crippen molar-refractivity contribution in [2.24, 2.45) is 5.84 Å². The number of aryl methyl sites for hydroxylation is 1. The highest BCUT2D eigenvalue weighted by molar-refractivity contribution is 6.00. The topological polar surface area (TPSA) is 90.4 Å². The Morgan fingerprint density at radius 2 is 2.06 bits per heavy atom. The van der Waals surface area contributed by atoms with Gasteiger partial charge in [0.1, 0.15) is 22.8 Å². The highest BCUT2D eigenvalue weighted by atomic mass is 16.5. The van der Waals surface area contributed by atoms with E-state index < -0.39 is 5.91 Å². The molecule has 1 amide bonds. The minimum atomic E-state index is -0.431. The van der Waals surface area contributed by atoms with E-state index in [4.69, 9.17) is 15.1 Å². The van der Waals surface area contributed by atoms with E-state index in [1.54, 1.807) is 38.3 Å². The first-order chi connectivity index (χ1) is 8.67. The Hall–Kier alpha value is -2.34. The van der Waals surface area contributed by atoms with E-state index in [0.29, 0.717) is 17.0 Å². The standard InChI is InChI=1S/C12H13N3O3/c1-7-10(12(16)14-13)11(15-18-7)8-3-5-9(17-2)6-4-8/h3-6H,13H2,1-2H3,(H,14,16). The highest BCUT2D eigenvalue weighted by Crippen LogP contribution is 2.26. The zero-order valence-corrected chi connectivity index (χ0v) is 10.1. The van der Waals surface area contributed by atoms with Gasteiger partial charge in [0.05, 0.1) is 7.11 Å². The van der Waals surface area contributed by atoms with Crippen molar-refractivity contribution in [3.63, 3.8) is 0 Å². The lowest BCUT2D eigenvalue weighted by atomic mass is 10.1. The van der Waals surface area contributed by atoms with Gasteiger partial charge >= 0.3 is 0 Å². The molecule has 0 saturated carbocycles. The van der Waals surface area contributed by atoms with Crippen molar-refractivity contribution in [2.45, 2.75) is 6.92 Å². The number of benzene rings is 1. The molecule has 6 heteroatoms. The second-order valence-corrected chi connectivity index (χ2v) is 3.66. The molecular weight excluding hydrogens is 234 g/mol. The molecule has 0 atom stereocenters. The first-order valence-electron chi connectivity index (χ1n) is 5.29. The third-order valence-electron chi connectivity index (χ3n) is 2.58. The van der Waals surface area contributed by atoms with Crippen molar-refractivity contribution < 1.29 is 14.1 Å². The SMILES string of the molecule is COc1ccc(-c2noc(C)c2C(=O)NN)cc1. The van der Waals surface area contributed by atoms with Crippen LogP contribution in [0.3, 0.4) is 0 Å². The molecule has 0 bridgehead atoms. The number of hydrazine groups is 1. The van der Waals surface area contributed by atoms with Gasteiger partial charge in [-0.3, -0.25) is 10.2 Å². The van der Waals surface area contributed by atoms with Crippen LogP contribution in [0.4, 0.5) is 0 Å². The Balaban J connectivity index is 2.47. The van der Waals surface area contributed by atoms with Crippen LogP contribution in [0, 0.1) is 6.92 Å². The molecule has 0 unspecified atom stereocenters. The predicted octanol–water partition coefficient (Wildman–Crippen LogP) is 1.26. The van der Waals surface area contributed by atoms with Crippen LogP contribution in [0.1, 0.15) is 16.1 Å². The van der Waals surface area contributed by atoms with Crippen molar-refractivity contribution in [2.75, 3.05) is 7.11 Å². The van der Waals surface area contributed by atoms with Crippen LogP contribution in [-0.4, -0.2) is 18.2 Å². The summed E-state index contributed by atoms with van der Waals surface area (Å²) in [6, 6.07) is 7.15. The summed E-state index contributed by atoms with van der Waals surface area (Å²) in [5.41, 5.74) is 3.63. The maximum absolute atomic E-state index is 11.7. The van der Waals surface area contributed by atoms with Crippen molar-refractivity contribution in [3.8, 4) is 17.0 Å². The van der Waals surface area contributed by atoms with Crippen molar-refractivity contribution in [3.05, 3.63) is 35.6 Å². The molecule has 0 aliphatic heterocycles. The van der Waals surface area contributed by atoms with Crippen LogP contribution in [-0.2, 0) is 0 Å². The lowest BCUT2D eigenvalue weighted by Crippen LogP contribution is -2.30. The number of nitrogens with two attached hydrogens (primary N) is 1. The molecule has 0 spiro atoms. The molecule has 0 aliphatic rings. The Morgan fingerprint density at radius 3 is 2.61 bits per heavy atom. The maximum atomic E-state index is 11.7. The average molecular weight is 247 g/mol. The molecule has 18 heavy (non-hydrogen) atoms. The molecule has 94 valence electrons. The van der Waals surface area contributed by atoms with E-state index in [9.17, 15) is 4.79 Å². The van der Waals surface area contributed by atoms with Crippen LogP contribution in [0.2, 0.25) is 0 Å². The summed E-state index contributed by atoms with van der Waals surface area (Å²) < 4.78 is 10.1. The Labute approximate surface area is 104 Å². The minimum Gasteiger partial charge on any atom is -0.497 e. The number of methoxy groups -OCH3 is 1. The Bertz CT molecular complexity index is 560.